The number of ether oxygens (including phenoxy) is 2. The maximum atomic E-state index is 12.6. The SMILES string of the molecule is CCCOc1cc(C)ccc1NC(=O)Cc1c[nH]c2ccc(OC)cc12. The van der Waals surface area contributed by atoms with Gasteiger partial charge in [0.2, 0.25) is 5.91 Å². The van der Waals surface area contributed by atoms with Crippen molar-refractivity contribution < 1.29 is 14.3 Å². The molecule has 136 valence electrons. The Kier molecular flexibility index (Phi) is 5.46. The summed E-state index contributed by atoms with van der Waals surface area (Å²) in [5, 5.41) is 3.96. The third-order valence-corrected chi connectivity index (χ3v) is 4.20. The third-order valence-electron chi connectivity index (χ3n) is 4.20. The van der Waals surface area contributed by atoms with E-state index in [0.29, 0.717) is 18.0 Å². The Hall–Kier alpha value is -2.95. The lowest BCUT2D eigenvalue weighted by Crippen LogP contribution is -2.15. The highest BCUT2D eigenvalue weighted by Gasteiger charge is 2.12. The number of rotatable bonds is 7. The Morgan fingerprint density at radius 2 is 2.04 bits per heavy atom. The largest absolute Gasteiger partial charge is 0.497 e. The van der Waals surface area contributed by atoms with E-state index < -0.39 is 0 Å². The van der Waals surface area contributed by atoms with Crippen LogP contribution in [0, 0.1) is 6.92 Å². The van der Waals surface area contributed by atoms with Crippen LogP contribution in [-0.4, -0.2) is 24.6 Å². The van der Waals surface area contributed by atoms with Gasteiger partial charge in [-0.3, -0.25) is 4.79 Å². The van der Waals surface area contributed by atoms with Crippen molar-refractivity contribution in [2.75, 3.05) is 19.0 Å². The van der Waals surface area contributed by atoms with Gasteiger partial charge in [-0.15, -0.1) is 0 Å². The summed E-state index contributed by atoms with van der Waals surface area (Å²) >= 11 is 0. The van der Waals surface area contributed by atoms with E-state index in [9.17, 15) is 4.79 Å². The molecule has 2 aromatic carbocycles. The molecule has 0 bridgehead atoms. The van der Waals surface area contributed by atoms with Crippen LogP contribution in [0.4, 0.5) is 5.69 Å². The van der Waals surface area contributed by atoms with Gasteiger partial charge >= 0.3 is 0 Å². The van der Waals surface area contributed by atoms with E-state index in [1.165, 1.54) is 0 Å². The molecule has 3 aromatic rings. The molecule has 0 aliphatic rings. The number of H-pyrrole nitrogens is 1. The Labute approximate surface area is 153 Å². The van der Waals surface area contributed by atoms with E-state index in [1.54, 1.807) is 7.11 Å². The van der Waals surface area contributed by atoms with E-state index in [4.69, 9.17) is 9.47 Å². The molecule has 1 aromatic heterocycles. The smallest absolute Gasteiger partial charge is 0.228 e. The first-order valence-electron chi connectivity index (χ1n) is 8.78. The van der Waals surface area contributed by atoms with E-state index in [2.05, 4.69) is 17.2 Å². The maximum absolute atomic E-state index is 12.6. The zero-order valence-corrected chi connectivity index (χ0v) is 15.4. The number of nitrogens with one attached hydrogen (secondary N) is 2. The number of aromatic amines is 1. The molecule has 1 amide bonds. The standard InChI is InChI=1S/C21H24N2O3/c1-4-9-26-20-10-14(2)5-7-19(20)23-21(24)11-15-13-22-18-8-6-16(25-3)12-17(15)18/h5-8,10,12-13,22H,4,9,11H2,1-3H3,(H,23,24). The van der Waals surface area contributed by atoms with Crippen molar-refractivity contribution in [3.05, 3.63) is 53.7 Å². The fourth-order valence-corrected chi connectivity index (χ4v) is 2.86. The maximum Gasteiger partial charge on any atom is 0.228 e. The summed E-state index contributed by atoms with van der Waals surface area (Å²) in [5.41, 5.74) is 3.71. The van der Waals surface area contributed by atoms with E-state index >= 15 is 0 Å². The van der Waals surface area contributed by atoms with Gasteiger partial charge < -0.3 is 19.8 Å². The number of benzene rings is 2. The van der Waals surface area contributed by atoms with Gasteiger partial charge in [-0.05, 0) is 54.8 Å². The Morgan fingerprint density at radius 3 is 2.81 bits per heavy atom. The first kappa shape index (κ1) is 17.9. The number of methoxy groups -OCH3 is 1. The van der Waals surface area contributed by atoms with Gasteiger partial charge in [-0.1, -0.05) is 13.0 Å². The van der Waals surface area contributed by atoms with Gasteiger partial charge in [0.05, 0.1) is 25.8 Å². The number of fused-ring (bicyclic) bond motifs is 1. The molecule has 0 aliphatic carbocycles. The average Bonchev–Trinajstić information content (AvgIpc) is 3.03. The van der Waals surface area contributed by atoms with Crippen molar-refractivity contribution in [3.63, 3.8) is 0 Å². The molecule has 0 unspecified atom stereocenters. The summed E-state index contributed by atoms with van der Waals surface area (Å²) in [6, 6.07) is 11.6. The number of carbonyl (C=O) groups is 1. The molecule has 3 rings (SSSR count). The molecule has 0 fully saturated rings. The summed E-state index contributed by atoms with van der Waals surface area (Å²) in [4.78, 5) is 15.8. The van der Waals surface area contributed by atoms with Crippen LogP contribution in [0.25, 0.3) is 10.9 Å². The van der Waals surface area contributed by atoms with Crippen LogP contribution in [0.15, 0.2) is 42.6 Å². The second kappa shape index (κ2) is 7.95. The molecule has 26 heavy (non-hydrogen) atoms. The lowest BCUT2D eigenvalue weighted by molar-refractivity contribution is -0.115. The van der Waals surface area contributed by atoms with E-state index in [1.807, 2.05) is 49.5 Å². The number of aromatic nitrogens is 1. The van der Waals surface area contributed by atoms with E-state index in [0.717, 1.165) is 34.2 Å². The van der Waals surface area contributed by atoms with Crippen LogP contribution in [0.2, 0.25) is 0 Å². The van der Waals surface area contributed by atoms with Gasteiger partial charge in [0.1, 0.15) is 11.5 Å². The monoisotopic (exact) mass is 352 g/mol. The number of carbonyl (C=O) groups excluding carboxylic acids is 1. The predicted molar refractivity (Wildman–Crippen MR) is 104 cm³/mol. The molecule has 5 nitrogen and oxygen atoms in total. The highest BCUT2D eigenvalue weighted by Crippen LogP contribution is 2.27. The lowest BCUT2D eigenvalue weighted by Gasteiger charge is -2.13. The zero-order valence-electron chi connectivity index (χ0n) is 15.4. The Bertz CT molecular complexity index is 915. The van der Waals surface area contributed by atoms with Gasteiger partial charge in [0.15, 0.2) is 0 Å². The second-order valence-corrected chi connectivity index (χ2v) is 6.30. The fraction of sp³-hybridized carbons (Fsp3) is 0.286. The minimum Gasteiger partial charge on any atom is -0.497 e. The molecule has 1 heterocycles. The number of hydrogen-bond acceptors (Lipinski definition) is 3. The number of anilines is 1. The molecule has 0 spiro atoms. The zero-order chi connectivity index (χ0) is 18.5. The van der Waals surface area contributed by atoms with Crippen molar-refractivity contribution in [2.45, 2.75) is 26.7 Å². The minimum atomic E-state index is -0.0843. The van der Waals surface area contributed by atoms with Crippen molar-refractivity contribution in [2.24, 2.45) is 0 Å². The molecule has 2 N–H and O–H groups in total. The number of hydrogen-bond donors (Lipinski definition) is 2. The molecular weight excluding hydrogens is 328 g/mol. The van der Waals surface area contributed by atoms with Crippen LogP contribution < -0.4 is 14.8 Å². The van der Waals surface area contributed by atoms with Crippen molar-refractivity contribution >= 4 is 22.5 Å². The summed E-state index contributed by atoms with van der Waals surface area (Å²) in [5.74, 6) is 1.40. The third kappa shape index (κ3) is 3.99. The number of amides is 1. The molecule has 0 saturated carbocycles. The molecule has 0 saturated heterocycles. The highest BCUT2D eigenvalue weighted by molar-refractivity contribution is 5.97. The van der Waals surface area contributed by atoms with Crippen molar-refractivity contribution in [3.8, 4) is 11.5 Å². The van der Waals surface area contributed by atoms with Crippen molar-refractivity contribution in [1.82, 2.24) is 4.98 Å². The summed E-state index contributed by atoms with van der Waals surface area (Å²) in [6.45, 7) is 4.68. The summed E-state index contributed by atoms with van der Waals surface area (Å²) in [7, 11) is 1.63. The summed E-state index contributed by atoms with van der Waals surface area (Å²) in [6.07, 6.45) is 3.06. The molecule has 0 aliphatic heterocycles. The first-order valence-corrected chi connectivity index (χ1v) is 8.78. The molecule has 5 heteroatoms. The first-order chi connectivity index (χ1) is 12.6. The Balaban J connectivity index is 1.77. The highest BCUT2D eigenvalue weighted by atomic mass is 16.5. The topological polar surface area (TPSA) is 63.3 Å². The quantitative estimate of drug-likeness (QED) is 0.660. The average molecular weight is 352 g/mol. The van der Waals surface area contributed by atoms with Crippen LogP contribution >= 0.6 is 0 Å². The van der Waals surface area contributed by atoms with Crippen LogP contribution in [0.1, 0.15) is 24.5 Å². The normalized spacial score (nSPS) is 10.7. The van der Waals surface area contributed by atoms with Gasteiger partial charge in [-0.2, -0.15) is 0 Å². The van der Waals surface area contributed by atoms with Crippen LogP contribution in [-0.2, 0) is 11.2 Å². The fourth-order valence-electron chi connectivity index (χ4n) is 2.86. The van der Waals surface area contributed by atoms with Crippen molar-refractivity contribution in [1.29, 1.82) is 0 Å². The molecule has 0 radical (unpaired) electrons. The molecular formula is C21H24N2O3. The summed E-state index contributed by atoms with van der Waals surface area (Å²) < 4.78 is 11.0. The van der Waals surface area contributed by atoms with Crippen LogP contribution in [0.5, 0.6) is 11.5 Å². The van der Waals surface area contributed by atoms with Gasteiger partial charge in [-0.25, -0.2) is 0 Å². The van der Waals surface area contributed by atoms with Crippen LogP contribution in [0.3, 0.4) is 0 Å². The van der Waals surface area contributed by atoms with E-state index in [-0.39, 0.29) is 12.3 Å². The number of aryl methyl sites for hydroxylation is 1. The Morgan fingerprint density at radius 1 is 1.19 bits per heavy atom. The predicted octanol–water partition coefficient (Wildman–Crippen LogP) is 4.45. The van der Waals surface area contributed by atoms with Gasteiger partial charge in [0, 0.05) is 17.1 Å². The van der Waals surface area contributed by atoms with Gasteiger partial charge in [0.25, 0.3) is 0 Å². The minimum absolute atomic E-state index is 0.0843. The lowest BCUT2D eigenvalue weighted by atomic mass is 10.1. The molecule has 0 atom stereocenters. The second-order valence-electron chi connectivity index (χ2n) is 6.30.